The number of nitrogens with zero attached hydrogens (tertiary/aromatic N) is 1. The van der Waals surface area contributed by atoms with E-state index in [4.69, 9.17) is 0 Å². The third-order valence-electron chi connectivity index (χ3n) is 4.18. The van der Waals surface area contributed by atoms with Crippen molar-refractivity contribution in [3.05, 3.63) is 20.8 Å². The van der Waals surface area contributed by atoms with Gasteiger partial charge in [0.25, 0.3) is 0 Å². The van der Waals surface area contributed by atoms with Gasteiger partial charge in [0.05, 0.1) is 9.20 Å². The number of carboxylic acids is 1. The normalized spacial score (nSPS) is 17.7. The van der Waals surface area contributed by atoms with Crippen LogP contribution in [-0.4, -0.2) is 35.0 Å². The molecule has 1 fully saturated rings. The van der Waals surface area contributed by atoms with E-state index in [1.165, 1.54) is 4.88 Å². The predicted octanol–water partition coefficient (Wildman–Crippen LogP) is 3.55. The predicted molar refractivity (Wildman–Crippen MR) is 86.5 cm³/mol. The average Bonchev–Trinajstić information content (AvgIpc) is 2.85. The second-order valence-electron chi connectivity index (χ2n) is 5.81. The molecule has 1 N–H and O–H groups in total. The van der Waals surface area contributed by atoms with E-state index >= 15 is 0 Å². The topological polar surface area (TPSA) is 57.6 Å². The summed E-state index contributed by atoms with van der Waals surface area (Å²) in [4.78, 5) is 26.4. The maximum atomic E-state index is 12.1. The zero-order chi connectivity index (χ0) is 15.5. The highest BCUT2D eigenvalue weighted by atomic mass is 79.9. The minimum Gasteiger partial charge on any atom is -0.481 e. The summed E-state index contributed by atoms with van der Waals surface area (Å²) < 4.78 is 1.12. The molecule has 1 amide bonds. The maximum absolute atomic E-state index is 12.1. The van der Waals surface area contributed by atoms with E-state index in [9.17, 15) is 14.7 Å². The van der Waals surface area contributed by atoms with Crippen LogP contribution in [0.5, 0.6) is 0 Å². The van der Waals surface area contributed by atoms with Gasteiger partial charge in [0.15, 0.2) is 0 Å². The second-order valence-corrected chi connectivity index (χ2v) is 8.35. The fourth-order valence-electron chi connectivity index (χ4n) is 2.52. The van der Waals surface area contributed by atoms with Crippen molar-refractivity contribution >= 4 is 39.1 Å². The standard InChI is InChI=1S/C15H20BrNO3S/c1-15(14(19)20)7-9-17(10-8-15)13(18)4-2-3-11-5-6-12(16)21-11/h5-6H,2-4,7-10H2,1H3,(H,19,20). The monoisotopic (exact) mass is 373 g/mol. The second kappa shape index (κ2) is 6.92. The van der Waals surface area contributed by atoms with E-state index < -0.39 is 11.4 Å². The van der Waals surface area contributed by atoms with Crippen LogP contribution >= 0.6 is 27.3 Å². The van der Waals surface area contributed by atoms with Gasteiger partial charge in [-0.25, -0.2) is 0 Å². The summed E-state index contributed by atoms with van der Waals surface area (Å²) in [6.45, 7) is 2.89. The van der Waals surface area contributed by atoms with Crippen molar-refractivity contribution in [1.29, 1.82) is 0 Å². The molecule has 1 aromatic rings. The summed E-state index contributed by atoms with van der Waals surface area (Å²) in [6, 6.07) is 4.11. The molecule has 0 aromatic carbocycles. The molecule has 0 spiro atoms. The van der Waals surface area contributed by atoms with Gasteiger partial charge in [-0.2, -0.15) is 0 Å². The number of carboxylic acid groups (broad SMARTS) is 1. The Bertz CT molecular complexity index is 521. The Morgan fingerprint density at radius 1 is 1.38 bits per heavy atom. The quantitative estimate of drug-likeness (QED) is 0.858. The SMILES string of the molecule is CC1(C(=O)O)CCN(C(=O)CCCc2ccc(Br)s2)CC1. The first-order valence-electron chi connectivity index (χ1n) is 7.16. The Kier molecular flexibility index (Phi) is 5.43. The number of hydrogen-bond acceptors (Lipinski definition) is 3. The number of aliphatic carboxylic acids is 1. The van der Waals surface area contributed by atoms with Crippen LogP contribution in [0.25, 0.3) is 0 Å². The fourth-order valence-corrected chi connectivity index (χ4v) is 4.05. The molecule has 0 unspecified atom stereocenters. The van der Waals surface area contributed by atoms with Crippen molar-refractivity contribution in [3.63, 3.8) is 0 Å². The Hall–Kier alpha value is -0.880. The molecule has 116 valence electrons. The summed E-state index contributed by atoms with van der Waals surface area (Å²) in [5.41, 5.74) is -0.667. The van der Waals surface area contributed by atoms with Crippen LogP contribution in [0.3, 0.4) is 0 Å². The van der Waals surface area contributed by atoms with E-state index in [1.807, 2.05) is 11.0 Å². The lowest BCUT2D eigenvalue weighted by Gasteiger charge is -2.36. The number of aryl methyl sites for hydroxylation is 1. The lowest BCUT2D eigenvalue weighted by molar-refractivity contribution is -0.153. The number of carbonyl (C=O) groups is 2. The molecule has 0 aliphatic carbocycles. The lowest BCUT2D eigenvalue weighted by atomic mass is 9.80. The largest absolute Gasteiger partial charge is 0.481 e. The summed E-state index contributed by atoms with van der Waals surface area (Å²) >= 11 is 5.14. The zero-order valence-electron chi connectivity index (χ0n) is 12.1. The van der Waals surface area contributed by atoms with Crippen LogP contribution in [0.4, 0.5) is 0 Å². The number of amides is 1. The Morgan fingerprint density at radius 2 is 2.05 bits per heavy atom. The van der Waals surface area contributed by atoms with Gasteiger partial charge in [-0.1, -0.05) is 0 Å². The van der Waals surface area contributed by atoms with Gasteiger partial charge in [-0.15, -0.1) is 11.3 Å². The van der Waals surface area contributed by atoms with Crippen molar-refractivity contribution in [2.24, 2.45) is 5.41 Å². The van der Waals surface area contributed by atoms with Gasteiger partial charge in [0.1, 0.15) is 0 Å². The van der Waals surface area contributed by atoms with Gasteiger partial charge in [0, 0.05) is 24.4 Å². The molecule has 4 nitrogen and oxygen atoms in total. The molecule has 0 saturated carbocycles. The van der Waals surface area contributed by atoms with Crippen LogP contribution in [0.1, 0.15) is 37.5 Å². The first-order valence-corrected chi connectivity index (χ1v) is 8.77. The summed E-state index contributed by atoms with van der Waals surface area (Å²) in [7, 11) is 0. The van der Waals surface area contributed by atoms with E-state index in [0.29, 0.717) is 32.4 Å². The number of piperidine rings is 1. The van der Waals surface area contributed by atoms with Gasteiger partial charge in [-0.05, 0) is 60.7 Å². The molecule has 0 atom stereocenters. The molecule has 6 heteroatoms. The minimum absolute atomic E-state index is 0.151. The first-order chi connectivity index (χ1) is 9.90. The van der Waals surface area contributed by atoms with Crippen LogP contribution < -0.4 is 0 Å². The van der Waals surface area contributed by atoms with Crippen LogP contribution in [0, 0.1) is 5.41 Å². The fraction of sp³-hybridized carbons (Fsp3) is 0.600. The summed E-state index contributed by atoms with van der Waals surface area (Å²) in [6.07, 6.45) is 3.40. The van der Waals surface area contributed by atoms with E-state index in [-0.39, 0.29) is 5.91 Å². The average molecular weight is 374 g/mol. The number of rotatable bonds is 5. The molecule has 21 heavy (non-hydrogen) atoms. The number of thiophene rings is 1. The van der Waals surface area contributed by atoms with Crippen molar-refractivity contribution in [2.45, 2.75) is 39.0 Å². The van der Waals surface area contributed by atoms with E-state index in [2.05, 4.69) is 22.0 Å². The molecule has 1 aliphatic heterocycles. The van der Waals surface area contributed by atoms with Gasteiger partial charge < -0.3 is 10.0 Å². The van der Waals surface area contributed by atoms with E-state index in [1.54, 1.807) is 18.3 Å². The molecule has 0 radical (unpaired) electrons. The van der Waals surface area contributed by atoms with Gasteiger partial charge >= 0.3 is 5.97 Å². The number of hydrogen-bond donors (Lipinski definition) is 1. The van der Waals surface area contributed by atoms with Crippen molar-refractivity contribution in [2.75, 3.05) is 13.1 Å². The summed E-state index contributed by atoms with van der Waals surface area (Å²) in [5, 5.41) is 9.19. The highest BCUT2D eigenvalue weighted by Crippen LogP contribution is 2.31. The highest BCUT2D eigenvalue weighted by Gasteiger charge is 2.37. The van der Waals surface area contributed by atoms with Crippen LogP contribution in [-0.2, 0) is 16.0 Å². The minimum atomic E-state index is -0.752. The first kappa shape index (κ1) is 16.5. The smallest absolute Gasteiger partial charge is 0.309 e. The number of likely N-dealkylation sites (tertiary alicyclic amines) is 1. The molecule has 1 saturated heterocycles. The molecule has 0 bridgehead atoms. The summed E-state index contributed by atoms with van der Waals surface area (Å²) in [5.74, 6) is -0.601. The molecule has 1 aromatic heterocycles. The lowest BCUT2D eigenvalue weighted by Crippen LogP contribution is -2.45. The van der Waals surface area contributed by atoms with Gasteiger partial charge in [-0.3, -0.25) is 9.59 Å². The molecule has 2 rings (SSSR count). The third kappa shape index (κ3) is 4.30. The van der Waals surface area contributed by atoms with E-state index in [0.717, 1.165) is 16.6 Å². The molecule has 2 heterocycles. The molecule has 1 aliphatic rings. The van der Waals surface area contributed by atoms with Gasteiger partial charge in [0.2, 0.25) is 5.91 Å². The number of carbonyl (C=O) groups excluding carboxylic acids is 1. The molecular formula is C15H20BrNO3S. The third-order valence-corrected chi connectivity index (χ3v) is 5.86. The number of halogens is 1. The Balaban J connectivity index is 1.74. The zero-order valence-corrected chi connectivity index (χ0v) is 14.5. The highest BCUT2D eigenvalue weighted by molar-refractivity contribution is 9.11. The van der Waals surface area contributed by atoms with Crippen LogP contribution in [0.2, 0.25) is 0 Å². The van der Waals surface area contributed by atoms with Crippen molar-refractivity contribution in [1.82, 2.24) is 4.90 Å². The molecular weight excluding hydrogens is 354 g/mol. The maximum Gasteiger partial charge on any atom is 0.309 e. The Labute approximate surface area is 137 Å². The Morgan fingerprint density at radius 3 is 2.57 bits per heavy atom. The van der Waals surface area contributed by atoms with Crippen molar-refractivity contribution in [3.8, 4) is 0 Å². The van der Waals surface area contributed by atoms with Crippen LogP contribution in [0.15, 0.2) is 15.9 Å². The van der Waals surface area contributed by atoms with Crippen molar-refractivity contribution < 1.29 is 14.7 Å².